The van der Waals surface area contributed by atoms with Crippen LogP contribution < -0.4 is 5.73 Å². The monoisotopic (exact) mass is 235 g/mol. The second-order valence-electron chi connectivity index (χ2n) is 5.72. The van der Waals surface area contributed by atoms with E-state index in [1.807, 2.05) is 0 Å². The summed E-state index contributed by atoms with van der Waals surface area (Å²) < 4.78 is 0. The van der Waals surface area contributed by atoms with Gasteiger partial charge in [-0.2, -0.15) is 0 Å². The lowest BCUT2D eigenvalue weighted by atomic mass is 9.86. The van der Waals surface area contributed by atoms with Crippen molar-refractivity contribution in [3.05, 3.63) is 35.4 Å². The summed E-state index contributed by atoms with van der Waals surface area (Å²) in [6.45, 7) is 7.21. The lowest BCUT2D eigenvalue weighted by Gasteiger charge is -2.19. The van der Waals surface area contributed by atoms with Crippen molar-refractivity contribution in [2.24, 2.45) is 5.73 Å². The molecule has 0 saturated heterocycles. The summed E-state index contributed by atoms with van der Waals surface area (Å²) in [5.41, 5.74) is 8.25. The Hall–Kier alpha value is -0.860. The lowest BCUT2D eigenvalue weighted by Crippen LogP contribution is -2.14. The number of aliphatic hydroxyl groups excluding tert-OH is 1. The molecule has 1 rings (SSSR count). The normalized spacial score (nSPS) is 13.7. The molecule has 0 heterocycles. The summed E-state index contributed by atoms with van der Waals surface area (Å²) in [5.74, 6) is 0. The van der Waals surface area contributed by atoms with Gasteiger partial charge in [-0.05, 0) is 42.3 Å². The summed E-state index contributed by atoms with van der Waals surface area (Å²) in [4.78, 5) is 0. The van der Waals surface area contributed by atoms with Gasteiger partial charge in [-0.25, -0.2) is 0 Å². The minimum absolute atomic E-state index is 0.206. The highest BCUT2D eigenvalue weighted by Crippen LogP contribution is 2.22. The van der Waals surface area contributed by atoms with Gasteiger partial charge in [-0.1, -0.05) is 45.0 Å². The predicted molar refractivity (Wildman–Crippen MR) is 73.1 cm³/mol. The van der Waals surface area contributed by atoms with Crippen LogP contribution in [0.1, 0.15) is 44.7 Å². The SMILES string of the molecule is CC(C)(C)c1ccc(CCC(O)CCN)cc1. The van der Waals surface area contributed by atoms with Gasteiger partial charge in [-0.3, -0.25) is 0 Å². The van der Waals surface area contributed by atoms with Crippen molar-refractivity contribution in [2.75, 3.05) is 6.54 Å². The van der Waals surface area contributed by atoms with Crippen LogP contribution in [0.4, 0.5) is 0 Å². The Morgan fingerprint density at radius 1 is 1.12 bits per heavy atom. The fourth-order valence-corrected chi connectivity index (χ4v) is 1.84. The fraction of sp³-hybridized carbons (Fsp3) is 0.600. The largest absolute Gasteiger partial charge is 0.393 e. The molecule has 0 aromatic heterocycles. The summed E-state index contributed by atoms with van der Waals surface area (Å²) in [6.07, 6.45) is 2.15. The Morgan fingerprint density at radius 2 is 1.71 bits per heavy atom. The first-order chi connectivity index (χ1) is 7.93. The van der Waals surface area contributed by atoms with E-state index in [9.17, 15) is 5.11 Å². The number of nitrogens with two attached hydrogens (primary N) is 1. The highest BCUT2D eigenvalue weighted by molar-refractivity contribution is 5.27. The molecule has 3 N–H and O–H groups in total. The van der Waals surface area contributed by atoms with E-state index in [0.29, 0.717) is 13.0 Å². The smallest absolute Gasteiger partial charge is 0.0555 e. The van der Waals surface area contributed by atoms with E-state index in [-0.39, 0.29) is 11.5 Å². The zero-order valence-corrected chi connectivity index (χ0v) is 11.2. The number of aryl methyl sites for hydroxylation is 1. The number of hydrogen-bond acceptors (Lipinski definition) is 2. The van der Waals surface area contributed by atoms with Crippen molar-refractivity contribution in [1.29, 1.82) is 0 Å². The third-order valence-corrected chi connectivity index (χ3v) is 3.09. The first-order valence-electron chi connectivity index (χ1n) is 6.41. The highest BCUT2D eigenvalue weighted by Gasteiger charge is 2.12. The van der Waals surface area contributed by atoms with Gasteiger partial charge in [0, 0.05) is 0 Å². The van der Waals surface area contributed by atoms with E-state index in [2.05, 4.69) is 45.0 Å². The maximum atomic E-state index is 9.61. The Kier molecular flexibility index (Phi) is 5.16. The zero-order valence-electron chi connectivity index (χ0n) is 11.2. The van der Waals surface area contributed by atoms with Gasteiger partial charge in [0.15, 0.2) is 0 Å². The molecule has 0 aliphatic heterocycles. The van der Waals surface area contributed by atoms with Crippen LogP contribution in [0.25, 0.3) is 0 Å². The number of benzene rings is 1. The molecule has 0 aliphatic rings. The maximum Gasteiger partial charge on any atom is 0.0555 e. The molecule has 0 aliphatic carbocycles. The van der Waals surface area contributed by atoms with Crippen LogP contribution in [0.2, 0.25) is 0 Å². The van der Waals surface area contributed by atoms with Crippen LogP contribution in [0.5, 0.6) is 0 Å². The van der Waals surface area contributed by atoms with Crippen molar-refractivity contribution < 1.29 is 5.11 Å². The van der Waals surface area contributed by atoms with Gasteiger partial charge in [0.2, 0.25) is 0 Å². The van der Waals surface area contributed by atoms with Crippen LogP contribution in [0.3, 0.4) is 0 Å². The Balaban J connectivity index is 2.51. The average molecular weight is 235 g/mol. The predicted octanol–water partition coefficient (Wildman–Crippen LogP) is 2.63. The van der Waals surface area contributed by atoms with Crippen LogP contribution in [0.15, 0.2) is 24.3 Å². The molecule has 17 heavy (non-hydrogen) atoms. The van der Waals surface area contributed by atoms with E-state index in [1.54, 1.807) is 0 Å². The van der Waals surface area contributed by atoms with Gasteiger partial charge in [0.05, 0.1) is 6.10 Å². The lowest BCUT2D eigenvalue weighted by molar-refractivity contribution is 0.157. The van der Waals surface area contributed by atoms with Crippen molar-refractivity contribution in [3.8, 4) is 0 Å². The zero-order chi connectivity index (χ0) is 12.9. The van der Waals surface area contributed by atoms with Crippen molar-refractivity contribution in [1.82, 2.24) is 0 Å². The number of aliphatic hydroxyl groups is 1. The average Bonchev–Trinajstić information content (AvgIpc) is 2.26. The Bertz CT molecular complexity index is 324. The molecule has 0 spiro atoms. The molecule has 1 aromatic carbocycles. The third-order valence-electron chi connectivity index (χ3n) is 3.09. The molecule has 0 saturated carbocycles. The van der Waals surface area contributed by atoms with Gasteiger partial charge in [-0.15, -0.1) is 0 Å². The molecular weight excluding hydrogens is 210 g/mol. The van der Waals surface area contributed by atoms with E-state index in [1.165, 1.54) is 11.1 Å². The summed E-state index contributed by atoms with van der Waals surface area (Å²) >= 11 is 0. The first-order valence-corrected chi connectivity index (χ1v) is 6.41. The second kappa shape index (κ2) is 6.18. The van der Waals surface area contributed by atoms with Crippen LogP contribution >= 0.6 is 0 Å². The standard InChI is InChI=1S/C15H25NO/c1-15(2,3)13-7-4-12(5-8-13)6-9-14(17)10-11-16/h4-5,7-8,14,17H,6,9-11,16H2,1-3H3. The van der Waals surface area contributed by atoms with E-state index in [0.717, 1.165) is 12.8 Å². The molecule has 0 bridgehead atoms. The maximum absolute atomic E-state index is 9.61. The molecule has 0 fully saturated rings. The third kappa shape index (κ3) is 4.88. The van der Waals surface area contributed by atoms with E-state index < -0.39 is 0 Å². The Labute approximate surface area is 105 Å². The van der Waals surface area contributed by atoms with Gasteiger partial charge in [0.1, 0.15) is 0 Å². The molecule has 2 heteroatoms. The molecule has 96 valence electrons. The fourth-order valence-electron chi connectivity index (χ4n) is 1.84. The second-order valence-corrected chi connectivity index (χ2v) is 5.72. The molecule has 2 nitrogen and oxygen atoms in total. The van der Waals surface area contributed by atoms with E-state index in [4.69, 9.17) is 5.73 Å². The molecule has 1 unspecified atom stereocenters. The number of hydrogen-bond donors (Lipinski definition) is 2. The summed E-state index contributed by atoms with van der Waals surface area (Å²) in [6, 6.07) is 8.70. The van der Waals surface area contributed by atoms with Crippen LogP contribution in [0, 0.1) is 0 Å². The molecule has 1 aromatic rings. The van der Waals surface area contributed by atoms with Gasteiger partial charge < -0.3 is 10.8 Å². The van der Waals surface area contributed by atoms with Crippen molar-refractivity contribution in [3.63, 3.8) is 0 Å². The van der Waals surface area contributed by atoms with Gasteiger partial charge >= 0.3 is 0 Å². The minimum Gasteiger partial charge on any atom is -0.393 e. The molecule has 1 atom stereocenters. The topological polar surface area (TPSA) is 46.2 Å². The van der Waals surface area contributed by atoms with E-state index >= 15 is 0 Å². The van der Waals surface area contributed by atoms with Crippen molar-refractivity contribution in [2.45, 2.75) is 51.6 Å². The quantitative estimate of drug-likeness (QED) is 0.824. The highest BCUT2D eigenvalue weighted by atomic mass is 16.3. The Morgan fingerprint density at radius 3 is 2.18 bits per heavy atom. The summed E-state index contributed by atoms with van der Waals surface area (Å²) in [7, 11) is 0. The first kappa shape index (κ1) is 14.2. The van der Waals surface area contributed by atoms with Crippen LogP contribution in [-0.4, -0.2) is 17.8 Å². The summed E-state index contributed by atoms with van der Waals surface area (Å²) in [5, 5.41) is 9.61. The number of rotatable bonds is 5. The van der Waals surface area contributed by atoms with Gasteiger partial charge in [0.25, 0.3) is 0 Å². The molecule has 0 amide bonds. The minimum atomic E-state index is -0.262. The molecular formula is C15H25NO. The molecule has 0 radical (unpaired) electrons. The van der Waals surface area contributed by atoms with Crippen LogP contribution in [-0.2, 0) is 11.8 Å². The van der Waals surface area contributed by atoms with Crippen molar-refractivity contribution >= 4 is 0 Å².